The van der Waals surface area contributed by atoms with Gasteiger partial charge < -0.3 is 0 Å². The highest BCUT2D eigenvalue weighted by molar-refractivity contribution is 7.89. The van der Waals surface area contributed by atoms with E-state index in [-0.39, 0.29) is 11.2 Å². The molecule has 0 aromatic carbocycles. The maximum Gasteiger partial charge on any atom is 0.216 e. The van der Waals surface area contributed by atoms with E-state index < -0.39 is 10.0 Å². The van der Waals surface area contributed by atoms with Crippen LogP contribution in [-0.2, 0) is 10.0 Å². The molecule has 0 aliphatic carbocycles. The third kappa shape index (κ3) is 2.67. The summed E-state index contributed by atoms with van der Waals surface area (Å²) >= 11 is 0. The lowest BCUT2D eigenvalue weighted by Gasteiger charge is -2.32. The molecular formula is C14H20N4O2S. The lowest BCUT2D eigenvalue weighted by molar-refractivity contribution is 0.310. The highest BCUT2D eigenvalue weighted by atomic mass is 32.2. The Morgan fingerprint density at radius 2 is 2.19 bits per heavy atom. The molecule has 3 heterocycles. The van der Waals surface area contributed by atoms with E-state index in [1.54, 1.807) is 24.3 Å². The average Bonchev–Trinajstić information content (AvgIpc) is 2.94. The molecule has 0 spiro atoms. The Bertz CT molecular complexity index is 738. The average molecular weight is 308 g/mol. The van der Waals surface area contributed by atoms with Crippen molar-refractivity contribution in [2.75, 3.05) is 13.1 Å². The smallest absolute Gasteiger partial charge is 0.216 e. The first-order valence-corrected chi connectivity index (χ1v) is 8.78. The van der Waals surface area contributed by atoms with Crippen LogP contribution >= 0.6 is 0 Å². The van der Waals surface area contributed by atoms with E-state index >= 15 is 0 Å². The summed E-state index contributed by atoms with van der Waals surface area (Å²) in [6, 6.07) is 3.96. The molecule has 21 heavy (non-hydrogen) atoms. The fourth-order valence-electron chi connectivity index (χ4n) is 2.78. The standard InChI is InChI=1S/C14H20N4O2S/c1-10(2)21(19,20)18-7-3-4-12(9-18)13-6-5-11-8-15-17-14(11)16-13/h5-6,8,10,12H,3-4,7,9H2,1-2H3,(H,15,16,17). The van der Waals surface area contributed by atoms with E-state index in [9.17, 15) is 8.42 Å². The van der Waals surface area contributed by atoms with Crippen LogP contribution < -0.4 is 0 Å². The van der Waals surface area contributed by atoms with E-state index in [1.807, 2.05) is 12.1 Å². The first-order valence-electron chi connectivity index (χ1n) is 7.27. The summed E-state index contributed by atoms with van der Waals surface area (Å²) in [5.41, 5.74) is 1.70. The number of fused-ring (bicyclic) bond motifs is 1. The molecule has 0 radical (unpaired) electrons. The zero-order valence-corrected chi connectivity index (χ0v) is 13.1. The Morgan fingerprint density at radius 3 is 2.95 bits per heavy atom. The zero-order chi connectivity index (χ0) is 15.0. The van der Waals surface area contributed by atoms with Crippen molar-refractivity contribution >= 4 is 21.1 Å². The van der Waals surface area contributed by atoms with Crippen molar-refractivity contribution in [2.24, 2.45) is 0 Å². The Kier molecular flexibility index (Phi) is 3.71. The van der Waals surface area contributed by atoms with Crippen molar-refractivity contribution < 1.29 is 8.42 Å². The molecule has 2 aromatic heterocycles. The van der Waals surface area contributed by atoms with Gasteiger partial charge in [0.25, 0.3) is 0 Å². The highest BCUT2D eigenvalue weighted by Gasteiger charge is 2.32. The van der Waals surface area contributed by atoms with Crippen molar-refractivity contribution in [1.29, 1.82) is 0 Å². The molecule has 0 saturated carbocycles. The SMILES string of the molecule is CC(C)S(=O)(=O)N1CCCC(c2ccc3cn[nH]c3n2)C1. The van der Waals surface area contributed by atoms with Gasteiger partial charge >= 0.3 is 0 Å². The van der Waals surface area contributed by atoms with Gasteiger partial charge in [-0.15, -0.1) is 0 Å². The molecule has 0 amide bonds. The maximum absolute atomic E-state index is 12.3. The predicted molar refractivity (Wildman–Crippen MR) is 81.5 cm³/mol. The van der Waals surface area contributed by atoms with Gasteiger partial charge in [-0.1, -0.05) is 0 Å². The minimum absolute atomic E-state index is 0.153. The van der Waals surface area contributed by atoms with Gasteiger partial charge in [-0.3, -0.25) is 5.10 Å². The summed E-state index contributed by atoms with van der Waals surface area (Å²) in [5, 5.41) is 7.43. The second-order valence-electron chi connectivity index (χ2n) is 5.83. The van der Waals surface area contributed by atoms with Gasteiger partial charge in [0.05, 0.1) is 11.4 Å². The lowest BCUT2D eigenvalue weighted by Crippen LogP contribution is -2.42. The van der Waals surface area contributed by atoms with Gasteiger partial charge in [-0.2, -0.15) is 5.10 Å². The van der Waals surface area contributed by atoms with Crippen molar-refractivity contribution in [1.82, 2.24) is 19.5 Å². The molecule has 1 N–H and O–H groups in total. The molecule has 1 aliphatic rings. The van der Waals surface area contributed by atoms with Crippen LogP contribution in [0.25, 0.3) is 11.0 Å². The third-order valence-electron chi connectivity index (χ3n) is 4.08. The molecule has 114 valence electrons. The summed E-state index contributed by atoms with van der Waals surface area (Å²) in [6.45, 7) is 4.60. The number of hydrogen-bond donors (Lipinski definition) is 1. The molecule has 0 bridgehead atoms. The first-order chi connectivity index (χ1) is 9.98. The van der Waals surface area contributed by atoms with Gasteiger partial charge in [0.15, 0.2) is 5.65 Å². The van der Waals surface area contributed by atoms with Crippen LogP contribution in [0.15, 0.2) is 18.3 Å². The van der Waals surface area contributed by atoms with Crippen LogP contribution in [0.5, 0.6) is 0 Å². The fourth-order valence-corrected chi connectivity index (χ4v) is 4.15. The van der Waals surface area contributed by atoms with Crippen molar-refractivity contribution in [2.45, 2.75) is 37.9 Å². The molecule has 2 aromatic rings. The lowest BCUT2D eigenvalue weighted by atomic mass is 9.95. The number of H-pyrrole nitrogens is 1. The van der Waals surface area contributed by atoms with E-state index in [4.69, 9.17) is 0 Å². The fraction of sp³-hybridized carbons (Fsp3) is 0.571. The molecular weight excluding hydrogens is 288 g/mol. The number of rotatable bonds is 3. The quantitative estimate of drug-likeness (QED) is 0.939. The minimum atomic E-state index is -3.19. The van der Waals surface area contributed by atoms with Crippen molar-refractivity contribution in [3.05, 3.63) is 24.0 Å². The van der Waals surface area contributed by atoms with E-state index in [2.05, 4.69) is 15.2 Å². The number of sulfonamides is 1. The summed E-state index contributed by atoms with van der Waals surface area (Å²) in [7, 11) is -3.19. The van der Waals surface area contributed by atoms with E-state index in [0.717, 1.165) is 29.6 Å². The van der Waals surface area contributed by atoms with Crippen LogP contribution in [0.3, 0.4) is 0 Å². The molecule has 1 aliphatic heterocycles. The summed E-state index contributed by atoms with van der Waals surface area (Å²) in [6.07, 6.45) is 3.58. The van der Waals surface area contributed by atoms with Crippen LogP contribution in [0.4, 0.5) is 0 Å². The molecule has 7 heteroatoms. The molecule has 1 atom stereocenters. The molecule has 1 fully saturated rings. The van der Waals surface area contributed by atoms with Gasteiger partial charge in [0.1, 0.15) is 0 Å². The van der Waals surface area contributed by atoms with E-state index in [0.29, 0.717) is 13.1 Å². The third-order valence-corrected chi connectivity index (χ3v) is 6.32. The Balaban J connectivity index is 1.85. The van der Waals surface area contributed by atoms with Gasteiger partial charge in [0.2, 0.25) is 10.0 Å². The number of piperidine rings is 1. The topological polar surface area (TPSA) is 79.0 Å². The minimum Gasteiger partial charge on any atom is -0.261 e. The normalized spacial score (nSPS) is 21.2. The first kappa shape index (κ1) is 14.5. The van der Waals surface area contributed by atoms with Crippen LogP contribution in [-0.4, -0.2) is 46.2 Å². The number of hydrogen-bond acceptors (Lipinski definition) is 4. The van der Waals surface area contributed by atoms with Crippen molar-refractivity contribution in [3.63, 3.8) is 0 Å². The van der Waals surface area contributed by atoms with Crippen LogP contribution in [0, 0.1) is 0 Å². The molecule has 3 rings (SSSR count). The summed E-state index contributed by atoms with van der Waals surface area (Å²) in [4.78, 5) is 4.58. The van der Waals surface area contributed by atoms with Gasteiger partial charge in [-0.05, 0) is 38.8 Å². The highest BCUT2D eigenvalue weighted by Crippen LogP contribution is 2.29. The summed E-state index contributed by atoms with van der Waals surface area (Å²) in [5.74, 6) is 0.153. The molecule has 6 nitrogen and oxygen atoms in total. The Morgan fingerprint density at radius 1 is 1.38 bits per heavy atom. The van der Waals surface area contributed by atoms with Crippen molar-refractivity contribution in [3.8, 4) is 0 Å². The predicted octanol–water partition coefficient (Wildman–Crippen LogP) is 1.88. The van der Waals surface area contributed by atoms with E-state index in [1.165, 1.54) is 0 Å². The van der Waals surface area contributed by atoms with Gasteiger partial charge in [0, 0.05) is 30.1 Å². The number of pyridine rings is 1. The molecule has 1 saturated heterocycles. The number of nitrogens with one attached hydrogen (secondary N) is 1. The maximum atomic E-state index is 12.3. The Hall–Kier alpha value is -1.47. The van der Waals surface area contributed by atoms with Gasteiger partial charge in [-0.25, -0.2) is 17.7 Å². The molecule has 1 unspecified atom stereocenters. The monoisotopic (exact) mass is 308 g/mol. The second-order valence-corrected chi connectivity index (χ2v) is 8.32. The zero-order valence-electron chi connectivity index (χ0n) is 12.3. The second kappa shape index (κ2) is 5.38. The number of aromatic amines is 1. The summed E-state index contributed by atoms with van der Waals surface area (Å²) < 4.78 is 26.3. The Labute approximate surface area is 124 Å². The van der Waals surface area contributed by atoms with Crippen LogP contribution in [0.1, 0.15) is 38.3 Å². The number of aromatic nitrogens is 3. The largest absolute Gasteiger partial charge is 0.261 e. The number of nitrogens with zero attached hydrogens (tertiary/aromatic N) is 3. The van der Waals surface area contributed by atoms with Crippen LogP contribution in [0.2, 0.25) is 0 Å².